The normalized spacial score (nSPS) is 14.2. The summed E-state index contributed by atoms with van der Waals surface area (Å²) in [6.07, 6.45) is 1.81. The molecule has 0 bridgehead atoms. The molecule has 0 spiro atoms. The van der Waals surface area contributed by atoms with Gasteiger partial charge in [-0.3, -0.25) is 0 Å². The van der Waals surface area contributed by atoms with Crippen molar-refractivity contribution in [3.8, 4) is 0 Å². The average molecular weight is 358 g/mol. The molecule has 2 aromatic carbocycles. The Morgan fingerprint density at radius 2 is 2.08 bits per heavy atom. The van der Waals surface area contributed by atoms with Gasteiger partial charge in [-0.2, -0.15) is 0 Å². The first-order chi connectivity index (χ1) is 12.1. The molecular weight excluding hydrogens is 341 g/mol. The number of anilines is 1. The lowest BCUT2D eigenvalue weighted by Crippen LogP contribution is -2.34. The Balaban J connectivity index is 1.57. The van der Waals surface area contributed by atoms with Crippen molar-refractivity contribution in [2.45, 2.75) is 19.4 Å². The number of rotatable bonds is 1. The number of nitrogens with zero attached hydrogens (tertiary/aromatic N) is 1. The first-order valence-corrected chi connectivity index (χ1v) is 8.58. The van der Waals surface area contributed by atoms with Crippen LogP contribution < -0.4 is 5.32 Å². The summed E-state index contributed by atoms with van der Waals surface area (Å²) >= 11 is 5.85. The van der Waals surface area contributed by atoms with Gasteiger partial charge >= 0.3 is 6.03 Å². The summed E-state index contributed by atoms with van der Waals surface area (Å²) in [6, 6.07) is 11.9. The summed E-state index contributed by atoms with van der Waals surface area (Å²) in [5.41, 5.74) is 3.79. The van der Waals surface area contributed by atoms with E-state index in [1.807, 2.05) is 18.2 Å². The number of benzene rings is 2. The van der Waals surface area contributed by atoms with E-state index in [2.05, 4.69) is 16.4 Å². The van der Waals surface area contributed by atoms with Gasteiger partial charge in [-0.15, -0.1) is 0 Å². The number of aromatic nitrogens is 1. The fraction of sp³-hybridized carbons (Fsp3) is 0.211. The number of amides is 2. The molecule has 1 aliphatic heterocycles. The zero-order chi connectivity index (χ0) is 17.4. The smallest absolute Gasteiger partial charge is 0.322 e. The number of nitrogens with one attached hydrogen (secondary N) is 2. The van der Waals surface area contributed by atoms with Crippen LogP contribution >= 0.6 is 11.6 Å². The fourth-order valence-electron chi connectivity index (χ4n) is 3.39. The molecule has 2 amide bonds. The van der Waals surface area contributed by atoms with Gasteiger partial charge in [0, 0.05) is 33.9 Å². The number of para-hydroxylation sites is 1. The molecule has 0 unspecified atom stereocenters. The first kappa shape index (κ1) is 16.0. The first-order valence-electron chi connectivity index (χ1n) is 8.20. The van der Waals surface area contributed by atoms with Gasteiger partial charge in [-0.25, -0.2) is 9.18 Å². The van der Waals surface area contributed by atoms with E-state index < -0.39 is 5.82 Å². The van der Waals surface area contributed by atoms with Crippen LogP contribution in [-0.4, -0.2) is 22.5 Å². The summed E-state index contributed by atoms with van der Waals surface area (Å²) in [5, 5.41) is 4.21. The Labute approximate surface area is 149 Å². The summed E-state index contributed by atoms with van der Waals surface area (Å²) in [5.74, 6) is -0.475. The third-order valence-electron chi connectivity index (χ3n) is 4.51. The summed E-state index contributed by atoms with van der Waals surface area (Å²) < 4.78 is 13.4. The topological polar surface area (TPSA) is 48.1 Å². The zero-order valence-electron chi connectivity index (χ0n) is 13.5. The van der Waals surface area contributed by atoms with Gasteiger partial charge in [0.05, 0.1) is 6.54 Å². The SMILES string of the molecule is O=C(Nc1cc(F)cc(Cl)c1)N1CCCc2c([nH]c3ccccc23)C1. The Bertz CT molecular complexity index is 933. The van der Waals surface area contributed by atoms with E-state index >= 15 is 0 Å². The molecule has 4 rings (SSSR count). The molecule has 2 heterocycles. The third-order valence-corrected chi connectivity index (χ3v) is 4.73. The highest BCUT2D eigenvalue weighted by Crippen LogP contribution is 2.27. The molecule has 128 valence electrons. The molecule has 0 aliphatic carbocycles. The molecular formula is C19H17ClFN3O. The second kappa shape index (κ2) is 6.41. The maximum Gasteiger partial charge on any atom is 0.322 e. The number of carbonyl (C=O) groups excluding carboxylic acids is 1. The van der Waals surface area contributed by atoms with E-state index in [9.17, 15) is 9.18 Å². The number of carbonyl (C=O) groups is 1. The third kappa shape index (κ3) is 3.20. The van der Waals surface area contributed by atoms with Gasteiger partial charge in [0.25, 0.3) is 0 Å². The van der Waals surface area contributed by atoms with Crippen molar-refractivity contribution < 1.29 is 9.18 Å². The minimum absolute atomic E-state index is 0.254. The second-order valence-corrected chi connectivity index (χ2v) is 6.68. The molecule has 0 atom stereocenters. The summed E-state index contributed by atoms with van der Waals surface area (Å²) in [6.45, 7) is 1.14. The van der Waals surface area contributed by atoms with Gasteiger partial charge in [0.2, 0.25) is 0 Å². The predicted molar refractivity (Wildman–Crippen MR) is 97.5 cm³/mol. The number of urea groups is 1. The van der Waals surface area contributed by atoms with E-state index in [1.54, 1.807) is 4.90 Å². The highest BCUT2D eigenvalue weighted by molar-refractivity contribution is 6.30. The highest BCUT2D eigenvalue weighted by atomic mass is 35.5. The maximum atomic E-state index is 13.4. The van der Waals surface area contributed by atoms with Gasteiger partial charge in [0.15, 0.2) is 0 Å². The quantitative estimate of drug-likeness (QED) is 0.636. The van der Waals surface area contributed by atoms with E-state index in [4.69, 9.17) is 11.6 Å². The van der Waals surface area contributed by atoms with E-state index in [-0.39, 0.29) is 11.1 Å². The highest BCUT2D eigenvalue weighted by Gasteiger charge is 2.22. The predicted octanol–water partition coefficient (Wildman–Crippen LogP) is 4.94. The van der Waals surface area contributed by atoms with Gasteiger partial charge in [0.1, 0.15) is 5.82 Å². The van der Waals surface area contributed by atoms with Gasteiger partial charge in [-0.1, -0.05) is 29.8 Å². The van der Waals surface area contributed by atoms with E-state index in [0.717, 1.165) is 24.1 Å². The van der Waals surface area contributed by atoms with Crippen LogP contribution in [-0.2, 0) is 13.0 Å². The molecule has 6 heteroatoms. The van der Waals surface area contributed by atoms with Crippen LogP contribution in [0.25, 0.3) is 10.9 Å². The molecule has 25 heavy (non-hydrogen) atoms. The van der Waals surface area contributed by atoms with Crippen LogP contribution in [0.5, 0.6) is 0 Å². The van der Waals surface area contributed by atoms with Crippen LogP contribution in [0, 0.1) is 5.82 Å². The molecule has 0 fully saturated rings. The second-order valence-electron chi connectivity index (χ2n) is 6.24. The van der Waals surface area contributed by atoms with Crippen LogP contribution in [0.4, 0.5) is 14.9 Å². The number of aromatic amines is 1. The van der Waals surface area contributed by atoms with Gasteiger partial charge in [-0.05, 0) is 42.7 Å². The Hall–Kier alpha value is -2.53. The van der Waals surface area contributed by atoms with E-state index in [1.165, 1.54) is 29.1 Å². The van der Waals surface area contributed by atoms with Crippen molar-refractivity contribution in [2.75, 3.05) is 11.9 Å². The number of halogens is 2. The molecule has 4 nitrogen and oxygen atoms in total. The van der Waals surface area contributed by atoms with Crippen molar-refractivity contribution in [2.24, 2.45) is 0 Å². The number of fused-ring (bicyclic) bond motifs is 3. The fourth-order valence-corrected chi connectivity index (χ4v) is 3.62. The van der Waals surface area contributed by atoms with Crippen LogP contribution in [0.15, 0.2) is 42.5 Å². The molecule has 0 saturated heterocycles. The van der Waals surface area contributed by atoms with E-state index in [0.29, 0.717) is 18.8 Å². The zero-order valence-corrected chi connectivity index (χ0v) is 14.2. The molecule has 1 aliphatic rings. The van der Waals surface area contributed by atoms with Crippen molar-refractivity contribution in [3.05, 3.63) is 64.6 Å². The average Bonchev–Trinajstić information content (AvgIpc) is 2.77. The maximum absolute atomic E-state index is 13.4. The molecule has 2 N–H and O–H groups in total. The lowest BCUT2D eigenvalue weighted by atomic mass is 10.1. The number of hydrogen-bond donors (Lipinski definition) is 2. The Morgan fingerprint density at radius 1 is 1.24 bits per heavy atom. The molecule has 1 aromatic heterocycles. The number of H-pyrrole nitrogens is 1. The summed E-state index contributed by atoms with van der Waals surface area (Å²) in [4.78, 5) is 17.8. The van der Waals surface area contributed by atoms with Crippen molar-refractivity contribution in [1.82, 2.24) is 9.88 Å². The number of hydrogen-bond acceptors (Lipinski definition) is 1. The van der Waals surface area contributed by atoms with Crippen LogP contribution in [0.2, 0.25) is 5.02 Å². The Morgan fingerprint density at radius 3 is 2.92 bits per heavy atom. The molecule has 0 saturated carbocycles. The Kier molecular flexibility index (Phi) is 4.09. The molecule has 3 aromatic rings. The number of aryl methyl sites for hydroxylation is 1. The standard InChI is InChI=1S/C19H17ClFN3O/c20-12-8-13(21)10-14(9-12)22-19(25)24-7-3-5-16-15-4-1-2-6-17(15)23-18(16)11-24/h1-2,4,6,8-10,23H,3,5,7,11H2,(H,22,25). The van der Waals surface area contributed by atoms with Crippen LogP contribution in [0.1, 0.15) is 17.7 Å². The van der Waals surface area contributed by atoms with Crippen molar-refractivity contribution >= 4 is 34.2 Å². The lowest BCUT2D eigenvalue weighted by molar-refractivity contribution is 0.209. The van der Waals surface area contributed by atoms with Crippen molar-refractivity contribution in [1.29, 1.82) is 0 Å². The summed E-state index contributed by atoms with van der Waals surface area (Å²) in [7, 11) is 0. The minimum atomic E-state index is -0.475. The van der Waals surface area contributed by atoms with Gasteiger partial charge < -0.3 is 15.2 Å². The lowest BCUT2D eigenvalue weighted by Gasteiger charge is -2.21. The van der Waals surface area contributed by atoms with Crippen LogP contribution in [0.3, 0.4) is 0 Å². The monoisotopic (exact) mass is 357 g/mol. The largest absolute Gasteiger partial charge is 0.357 e. The van der Waals surface area contributed by atoms with Crippen molar-refractivity contribution in [3.63, 3.8) is 0 Å². The molecule has 0 radical (unpaired) electrons. The minimum Gasteiger partial charge on any atom is -0.357 e.